The molecule has 3 nitrogen and oxygen atoms in total. The Labute approximate surface area is 196 Å². The average Bonchev–Trinajstić information content (AvgIpc) is 2.82. The molecule has 5 heteroatoms. The lowest BCUT2D eigenvalue weighted by molar-refractivity contribution is 0.0601. The molecule has 0 bridgehead atoms. The first kappa shape index (κ1) is 24.8. The zero-order chi connectivity index (χ0) is 22.9. The Morgan fingerprint density at radius 1 is 1.19 bits per heavy atom. The number of carbonyl (C=O) groups is 1. The maximum atomic E-state index is 15.1. The standard InChI is InChI=1S/C27H36FNO2S/c1-4-32-18-22(14-20-11-6-5-7-12-20)29-17-21-15-24(23-13-9-8-10-19(23)2)25(16-26(21)28)27(30)31-3/h8-10,13,15-16,20,22,29H,4-7,11-12,14,17-18H2,1-3H3/t22-/m0/s1. The van der Waals surface area contributed by atoms with E-state index in [-0.39, 0.29) is 11.4 Å². The number of benzene rings is 2. The minimum Gasteiger partial charge on any atom is -0.465 e. The summed E-state index contributed by atoms with van der Waals surface area (Å²) in [6, 6.07) is 11.4. The van der Waals surface area contributed by atoms with Crippen molar-refractivity contribution >= 4 is 17.7 Å². The Hall–Kier alpha value is -1.85. The average molecular weight is 458 g/mol. The summed E-state index contributed by atoms with van der Waals surface area (Å²) in [5.41, 5.74) is 3.54. The summed E-state index contributed by atoms with van der Waals surface area (Å²) in [5.74, 6) is 2.01. The van der Waals surface area contributed by atoms with Gasteiger partial charge in [-0.15, -0.1) is 0 Å². The van der Waals surface area contributed by atoms with Gasteiger partial charge in [0.15, 0.2) is 0 Å². The van der Waals surface area contributed by atoms with Gasteiger partial charge in [-0.1, -0.05) is 63.3 Å². The van der Waals surface area contributed by atoms with Crippen molar-refractivity contribution in [2.24, 2.45) is 5.92 Å². The van der Waals surface area contributed by atoms with Crippen molar-refractivity contribution in [1.82, 2.24) is 5.32 Å². The van der Waals surface area contributed by atoms with E-state index in [1.54, 1.807) is 0 Å². The normalized spacial score (nSPS) is 15.5. The minimum absolute atomic E-state index is 0.267. The molecule has 2 aromatic rings. The lowest BCUT2D eigenvalue weighted by Crippen LogP contribution is -2.34. The van der Waals surface area contributed by atoms with Crippen molar-refractivity contribution in [3.05, 3.63) is 58.9 Å². The first-order valence-corrected chi connectivity index (χ1v) is 13.0. The van der Waals surface area contributed by atoms with E-state index >= 15 is 4.39 Å². The summed E-state index contributed by atoms with van der Waals surface area (Å²) in [6.45, 7) is 4.63. The van der Waals surface area contributed by atoms with Crippen LogP contribution in [0.4, 0.5) is 4.39 Å². The molecule has 0 spiro atoms. The first-order chi connectivity index (χ1) is 15.5. The first-order valence-electron chi connectivity index (χ1n) is 11.8. The molecule has 0 aromatic heterocycles. The molecule has 0 radical (unpaired) electrons. The quantitative estimate of drug-likeness (QED) is 0.400. The van der Waals surface area contributed by atoms with Gasteiger partial charge in [0.2, 0.25) is 0 Å². The van der Waals surface area contributed by atoms with Crippen molar-refractivity contribution in [3.63, 3.8) is 0 Å². The highest BCUT2D eigenvalue weighted by Gasteiger charge is 2.21. The van der Waals surface area contributed by atoms with Gasteiger partial charge in [0, 0.05) is 23.9 Å². The lowest BCUT2D eigenvalue weighted by Gasteiger charge is -2.27. The third-order valence-corrected chi connectivity index (χ3v) is 7.52. The van der Waals surface area contributed by atoms with Crippen molar-refractivity contribution in [2.75, 3.05) is 18.6 Å². The second kappa shape index (κ2) is 12.4. The zero-order valence-corrected chi connectivity index (χ0v) is 20.4. The van der Waals surface area contributed by atoms with E-state index in [1.807, 2.05) is 49.0 Å². The number of thioether (sulfide) groups is 1. The second-order valence-electron chi connectivity index (χ2n) is 8.77. The molecular formula is C27H36FNO2S. The molecule has 0 saturated heterocycles. The zero-order valence-electron chi connectivity index (χ0n) is 19.6. The van der Waals surface area contributed by atoms with E-state index in [0.717, 1.165) is 40.5 Å². The summed E-state index contributed by atoms with van der Waals surface area (Å²) < 4.78 is 20.0. The smallest absolute Gasteiger partial charge is 0.338 e. The molecule has 1 saturated carbocycles. The molecular weight excluding hydrogens is 421 g/mol. The number of esters is 1. The van der Waals surface area contributed by atoms with Crippen LogP contribution in [0.3, 0.4) is 0 Å². The van der Waals surface area contributed by atoms with Crippen LogP contribution in [0.25, 0.3) is 11.1 Å². The van der Waals surface area contributed by atoms with E-state index in [1.165, 1.54) is 45.3 Å². The predicted molar refractivity (Wildman–Crippen MR) is 133 cm³/mol. The third kappa shape index (κ3) is 6.58. The van der Waals surface area contributed by atoms with Crippen LogP contribution in [0.2, 0.25) is 0 Å². The molecule has 1 fully saturated rings. The molecule has 32 heavy (non-hydrogen) atoms. The molecule has 3 rings (SSSR count). The number of halogens is 1. The van der Waals surface area contributed by atoms with Crippen LogP contribution < -0.4 is 5.32 Å². The number of ether oxygens (including phenoxy) is 1. The lowest BCUT2D eigenvalue weighted by atomic mass is 9.85. The van der Waals surface area contributed by atoms with E-state index < -0.39 is 5.97 Å². The Balaban J connectivity index is 1.83. The fraction of sp³-hybridized carbons (Fsp3) is 0.519. The highest BCUT2D eigenvalue weighted by Crippen LogP contribution is 2.31. The number of nitrogens with one attached hydrogen (secondary N) is 1. The molecule has 1 atom stereocenters. The summed E-state index contributed by atoms with van der Waals surface area (Å²) in [5, 5.41) is 3.64. The SMILES string of the molecule is CCSC[C@H](CC1CCCCC1)NCc1cc(-c2ccccc2C)c(C(=O)OC)cc1F. The van der Waals surface area contributed by atoms with Crippen LogP contribution in [0.15, 0.2) is 36.4 Å². The molecule has 0 aliphatic heterocycles. The number of carbonyl (C=O) groups excluding carboxylic acids is 1. The minimum atomic E-state index is -0.517. The van der Waals surface area contributed by atoms with Gasteiger partial charge in [-0.2, -0.15) is 11.8 Å². The van der Waals surface area contributed by atoms with Crippen LogP contribution in [0, 0.1) is 18.7 Å². The van der Waals surface area contributed by atoms with Crippen LogP contribution in [-0.4, -0.2) is 30.6 Å². The molecule has 0 heterocycles. The number of methoxy groups -OCH3 is 1. The second-order valence-corrected chi connectivity index (χ2v) is 10.1. The van der Waals surface area contributed by atoms with E-state index in [0.29, 0.717) is 18.2 Å². The maximum Gasteiger partial charge on any atom is 0.338 e. The Bertz CT molecular complexity index is 895. The molecule has 1 aliphatic carbocycles. The van der Waals surface area contributed by atoms with Crippen molar-refractivity contribution in [2.45, 2.75) is 65.0 Å². The van der Waals surface area contributed by atoms with Gasteiger partial charge in [0.25, 0.3) is 0 Å². The van der Waals surface area contributed by atoms with Crippen molar-refractivity contribution in [1.29, 1.82) is 0 Å². The van der Waals surface area contributed by atoms with Gasteiger partial charge in [0.05, 0.1) is 12.7 Å². The number of aryl methyl sites for hydroxylation is 1. The highest BCUT2D eigenvalue weighted by atomic mass is 32.2. The Morgan fingerprint density at radius 3 is 2.62 bits per heavy atom. The number of hydrogen-bond acceptors (Lipinski definition) is 4. The van der Waals surface area contributed by atoms with Gasteiger partial charge in [-0.25, -0.2) is 9.18 Å². The fourth-order valence-corrected chi connectivity index (χ4v) is 5.45. The van der Waals surface area contributed by atoms with Crippen LogP contribution in [-0.2, 0) is 11.3 Å². The Morgan fingerprint density at radius 2 is 1.94 bits per heavy atom. The third-order valence-electron chi connectivity index (χ3n) is 6.47. The summed E-state index contributed by atoms with van der Waals surface area (Å²) in [7, 11) is 1.33. The van der Waals surface area contributed by atoms with Crippen LogP contribution in [0.1, 0.15) is 66.9 Å². The molecule has 0 amide bonds. The van der Waals surface area contributed by atoms with Gasteiger partial charge in [0.1, 0.15) is 5.82 Å². The Kier molecular flexibility index (Phi) is 9.61. The highest BCUT2D eigenvalue weighted by molar-refractivity contribution is 7.99. The van der Waals surface area contributed by atoms with Gasteiger partial charge in [-0.3, -0.25) is 0 Å². The summed E-state index contributed by atoms with van der Waals surface area (Å²) in [6.07, 6.45) is 7.81. The van der Waals surface area contributed by atoms with E-state index in [9.17, 15) is 4.79 Å². The summed E-state index contributed by atoms with van der Waals surface area (Å²) >= 11 is 1.94. The van der Waals surface area contributed by atoms with E-state index in [2.05, 4.69) is 12.2 Å². The summed E-state index contributed by atoms with van der Waals surface area (Å²) in [4.78, 5) is 12.4. The molecule has 174 valence electrons. The van der Waals surface area contributed by atoms with Gasteiger partial charge < -0.3 is 10.1 Å². The van der Waals surface area contributed by atoms with Gasteiger partial charge in [-0.05, 0) is 53.8 Å². The van der Waals surface area contributed by atoms with Crippen LogP contribution in [0.5, 0.6) is 0 Å². The fourth-order valence-electron chi connectivity index (χ4n) is 4.68. The number of rotatable bonds is 10. The molecule has 1 aliphatic rings. The number of hydrogen-bond donors (Lipinski definition) is 1. The van der Waals surface area contributed by atoms with Crippen molar-refractivity contribution < 1.29 is 13.9 Å². The monoisotopic (exact) mass is 457 g/mol. The molecule has 0 unspecified atom stereocenters. The topological polar surface area (TPSA) is 38.3 Å². The van der Waals surface area contributed by atoms with E-state index in [4.69, 9.17) is 4.74 Å². The predicted octanol–water partition coefficient (Wildman–Crippen LogP) is 6.77. The van der Waals surface area contributed by atoms with Crippen molar-refractivity contribution in [3.8, 4) is 11.1 Å². The maximum absolute atomic E-state index is 15.1. The molecule has 2 aromatic carbocycles. The molecule has 1 N–H and O–H groups in total. The van der Waals surface area contributed by atoms with Crippen LogP contribution >= 0.6 is 11.8 Å². The largest absolute Gasteiger partial charge is 0.465 e. The van der Waals surface area contributed by atoms with Gasteiger partial charge >= 0.3 is 5.97 Å².